The first-order valence-electron chi connectivity index (χ1n) is 4.39. The van der Waals surface area contributed by atoms with Crippen molar-refractivity contribution in [3.8, 4) is 11.5 Å². The van der Waals surface area contributed by atoms with Gasteiger partial charge in [0.15, 0.2) is 11.5 Å². The van der Waals surface area contributed by atoms with E-state index < -0.39 is 17.7 Å². The summed E-state index contributed by atoms with van der Waals surface area (Å²) in [5, 5.41) is 18.5. The summed E-state index contributed by atoms with van der Waals surface area (Å²) < 4.78 is 18.6. The van der Waals surface area contributed by atoms with E-state index in [0.717, 1.165) is 0 Å². The van der Waals surface area contributed by atoms with Gasteiger partial charge in [-0.25, -0.2) is 0 Å². The molecule has 0 spiro atoms. The van der Waals surface area contributed by atoms with Gasteiger partial charge in [0.05, 0.1) is 17.7 Å². The second kappa shape index (κ2) is 4.81. The summed E-state index contributed by atoms with van der Waals surface area (Å²) in [6, 6.07) is 1.53. The number of phenolic OH excluding ortho intramolecular Hbond substituents is 1. The molecule has 0 aliphatic heterocycles. The number of rotatable bonds is 3. The van der Waals surface area contributed by atoms with E-state index in [2.05, 4.69) is 15.9 Å². The number of halogens is 2. The number of aliphatic hydroxyl groups excluding tert-OH is 1. The molecule has 0 radical (unpaired) electrons. The second-order valence-corrected chi connectivity index (χ2v) is 4.12. The molecule has 0 bridgehead atoms. The smallest absolute Gasteiger partial charge is 0.208 e. The van der Waals surface area contributed by atoms with Crippen molar-refractivity contribution in [1.29, 1.82) is 0 Å². The zero-order valence-corrected chi connectivity index (χ0v) is 10.0. The highest BCUT2D eigenvalue weighted by atomic mass is 79.9. The van der Waals surface area contributed by atoms with Gasteiger partial charge in [0.25, 0.3) is 0 Å². The molecule has 0 saturated carbocycles. The van der Waals surface area contributed by atoms with Gasteiger partial charge < -0.3 is 14.9 Å². The number of hydrogen-bond acceptors (Lipinski definition) is 3. The van der Waals surface area contributed by atoms with Crippen LogP contribution in [-0.4, -0.2) is 23.4 Å². The number of phenols is 1. The van der Waals surface area contributed by atoms with E-state index in [-0.39, 0.29) is 16.6 Å². The van der Waals surface area contributed by atoms with Gasteiger partial charge in [0.2, 0.25) is 5.82 Å². The third-order valence-corrected chi connectivity index (χ3v) is 2.55. The lowest BCUT2D eigenvalue weighted by Gasteiger charge is -2.13. The largest absolute Gasteiger partial charge is 0.504 e. The van der Waals surface area contributed by atoms with Crippen molar-refractivity contribution in [3.63, 3.8) is 0 Å². The fourth-order valence-corrected chi connectivity index (χ4v) is 1.78. The number of aromatic hydroxyl groups is 1. The molecule has 1 rings (SSSR count). The highest BCUT2D eigenvalue weighted by Crippen LogP contribution is 2.36. The molecular weight excluding hydrogens is 267 g/mol. The zero-order chi connectivity index (χ0) is 11.6. The van der Waals surface area contributed by atoms with Crippen molar-refractivity contribution in [2.45, 2.75) is 19.4 Å². The van der Waals surface area contributed by atoms with Gasteiger partial charge in [-0.1, -0.05) is 0 Å². The summed E-state index contributed by atoms with van der Waals surface area (Å²) in [4.78, 5) is 0. The molecule has 1 aromatic carbocycles. The van der Waals surface area contributed by atoms with Crippen molar-refractivity contribution in [2.24, 2.45) is 0 Å². The highest BCUT2D eigenvalue weighted by molar-refractivity contribution is 9.10. The first-order chi connectivity index (χ1) is 6.97. The Morgan fingerprint density at radius 3 is 2.67 bits per heavy atom. The minimum Gasteiger partial charge on any atom is -0.504 e. The number of benzene rings is 1. The van der Waals surface area contributed by atoms with Gasteiger partial charge in [0, 0.05) is 12.0 Å². The summed E-state index contributed by atoms with van der Waals surface area (Å²) in [5.74, 6) is -1.33. The van der Waals surface area contributed by atoms with Crippen molar-refractivity contribution >= 4 is 15.9 Å². The molecule has 0 saturated heterocycles. The lowest BCUT2D eigenvalue weighted by atomic mass is 10.1. The van der Waals surface area contributed by atoms with Gasteiger partial charge in [0.1, 0.15) is 0 Å². The molecule has 0 amide bonds. The van der Waals surface area contributed by atoms with Gasteiger partial charge in [-0.05, 0) is 28.9 Å². The fraction of sp³-hybridized carbons (Fsp3) is 0.400. The van der Waals surface area contributed by atoms with Crippen LogP contribution in [0.2, 0.25) is 0 Å². The van der Waals surface area contributed by atoms with Crippen molar-refractivity contribution in [3.05, 3.63) is 21.9 Å². The maximum absolute atomic E-state index is 13.5. The minimum absolute atomic E-state index is 0.0309. The lowest BCUT2D eigenvalue weighted by Crippen LogP contribution is -2.07. The Labute approximate surface area is 95.6 Å². The van der Waals surface area contributed by atoms with E-state index >= 15 is 0 Å². The van der Waals surface area contributed by atoms with Gasteiger partial charge in [-0.3, -0.25) is 0 Å². The number of methoxy groups -OCH3 is 1. The van der Waals surface area contributed by atoms with E-state index in [9.17, 15) is 14.6 Å². The van der Waals surface area contributed by atoms with Crippen molar-refractivity contribution in [1.82, 2.24) is 0 Å². The topological polar surface area (TPSA) is 49.7 Å². The summed E-state index contributed by atoms with van der Waals surface area (Å²) in [6.45, 7) is 1.60. The molecular formula is C10H12BrFO3. The van der Waals surface area contributed by atoms with Crippen LogP contribution < -0.4 is 4.74 Å². The van der Waals surface area contributed by atoms with Crippen LogP contribution in [-0.2, 0) is 6.42 Å². The van der Waals surface area contributed by atoms with E-state index in [1.165, 1.54) is 13.2 Å². The van der Waals surface area contributed by atoms with Crippen LogP contribution in [0, 0.1) is 5.82 Å². The SMILES string of the molecule is COc1c(CC(C)O)cc(Br)c(O)c1F. The monoisotopic (exact) mass is 278 g/mol. The Kier molecular flexibility index (Phi) is 3.93. The molecule has 1 atom stereocenters. The van der Waals surface area contributed by atoms with Crippen LogP contribution in [0.25, 0.3) is 0 Å². The Morgan fingerprint density at radius 1 is 1.60 bits per heavy atom. The average molecular weight is 279 g/mol. The normalized spacial score (nSPS) is 12.6. The van der Waals surface area contributed by atoms with Gasteiger partial charge in [-0.2, -0.15) is 4.39 Å². The lowest BCUT2D eigenvalue weighted by molar-refractivity contribution is 0.193. The first-order valence-corrected chi connectivity index (χ1v) is 5.18. The molecule has 0 heterocycles. The predicted molar refractivity (Wildman–Crippen MR) is 57.7 cm³/mol. The third-order valence-electron chi connectivity index (χ3n) is 1.95. The maximum Gasteiger partial charge on any atom is 0.208 e. The van der Waals surface area contributed by atoms with Crippen LogP contribution >= 0.6 is 15.9 Å². The van der Waals surface area contributed by atoms with Crippen molar-refractivity contribution in [2.75, 3.05) is 7.11 Å². The zero-order valence-electron chi connectivity index (χ0n) is 8.42. The van der Waals surface area contributed by atoms with Crippen molar-refractivity contribution < 1.29 is 19.3 Å². The van der Waals surface area contributed by atoms with Crippen LogP contribution in [0.5, 0.6) is 11.5 Å². The summed E-state index contributed by atoms with van der Waals surface area (Å²) in [7, 11) is 1.32. The third kappa shape index (κ3) is 2.60. The molecule has 1 unspecified atom stereocenters. The molecule has 0 fully saturated rings. The number of ether oxygens (including phenoxy) is 1. The molecule has 0 aliphatic carbocycles. The molecule has 5 heteroatoms. The van der Waals surface area contributed by atoms with Crippen LogP contribution in [0.4, 0.5) is 4.39 Å². The predicted octanol–water partition coefficient (Wildman–Crippen LogP) is 2.23. The van der Waals surface area contributed by atoms with Crippen LogP contribution in [0.1, 0.15) is 12.5 Å². The Balaban J connectivity index is 3.25. The molecule has 84 valence electrons. The van der Waals surface area contributed by atoms with Crippen LogP contribution in [0.3, 0.4) is 0 Å². The maximum atomic E-state index is 13.5. The molecule has 0 aliphatic rings. The standard InChI is InChI=1S/C10H12BrFO3/c1-5(13)3-6-4-7(11)9(14)8(12)10(6)15-2/h4-5,13-14H,3H2,1-2H3. The first kappa shape index (κ1) is 12.3. The summed E-state index contributed by atoms with van der Waals surface area (Å²) in [5.41, 5.74) is 0.509. The van der Waals surface area contributed by atoms with E-state index in [1.807, 2.05) is 0 Å². The Hall–Kier alpha value is -0.810. The quantitative estimate of drug-likeness (QED) is 0.892. The summed E-state index contributed by atoms with van der Waals surface area (Å²) in [6.07, 6.45) is -0.339. The molecule has 0 aromatic heterocycles. The van der Waals surface area contributed by atoms with Gasteiger partial charge in [-0.15, -0.1) is 0 Å². The minimum atomic E-state index is -0.817. The molecule has 15 heavy (non-hydrogen) atoms. The van der Waals surface area contributed by atoms with E-state index in [0.29, 0.717) is 5.56 Å². The molecule has 1 aromatic rings. The highest BCUT2D eigenvalue weighted by Gasteiger charge is 2.18. The Bertz CT molecular complexity index is 366. The summed E-state index contributed by atoms with van der Waals surface area (Å²) >= 11 is 3.02. The molecule has 3 nitrogen and oxygen atoms in total. The number of hydrogen-bond donors (Lipinski definition) is 2. The van der Waals surface area contributed by atoms with Gasteiger partial charge >= 0.3 is 0 Å². The second-order valence-electron chi connectivity index (χ2n) is 3.27. The van der Waals surface area contributed by atoms with E-state index in [4.69, 9.17) is 4.74 Å². The van der Waals surface area contributed by atoms with Crippen LogP contribution in [0.15, 0.2) is 10.5 Å². The fourth-order valence-electron chi connectivity index (χ4n) is 1.33. The number of aliphatic hydroxyl groups is 1. The average Bonchev–Trinajstić information content (AvgIpc) is 2.14. The van der Waals surface area contributed by atoms with E-state index in [1.54, 1.807) is 6.92 Å². The Morgan fingerprint density at radius 2 is 2.20 bits per heavy atom. The molecule has 2 N–H and O–H groups in total.